The number of imidazole rings is 1. The van der Waals surface area contributed by atoms with E-state index in [0.717, 1.165) is 29.7 Å². The van der Waals surface area contributed by atoms with Crippen molar-refractivity contribution in [3.05, 3.63) is 65.9 Å². The molecule has 1 fully saturated rings. The van der Waals surface area contributed by atoms with Gasteiger partial charge in [0.05, 0.1) is 0 Å². The molecule has 0 bridgehead atoms. The lowest BCUT2D eigenvalue weighted by atomic mass is 10.2. The van der Waals surface area contributed by atoms with Gasteiger partial charge in [-0.3, -0.25) is 9.78 Å². The summed E-state index contributed by atoms with van der Waals surface area (Å²) < 4.78 is 1.96. The Morgan fingerprint density at radius 3 is 2.74 bits per heavy atom. The third-order valence-electron chi connectivity index (χ3n) is 4.27. The molecule has 0 saturated heterocycles. The van der Waals surface area contributed by atoms with E-state index < -0.39 is 0 Å². The first-order valence-corrected chi connectivity index (χ1v) is 7.87. The van der Waals surface area contributed by atoms with Crippen molar-refractivity contribution in [1.29, 1.82) is 0 Å². The monoisotopic (exact) mass is 306 g/mol. The summed E-state index contributed by atoms with van der Waals surface area (Å²) in [6.45, 7) is 2.62. The Morgan fingerprint density at radius 1 is 1.26 bits per heavy atom. The van der Waals surface area contributed by atoms with E-state index in [0.29, 0.717) is 18.3 Å². The Kier molecular flexibility index (Phi) is 3.33. The van der Waals surface area contributed by atoms with Crippen molar-refractivity contribution in [3.8, 4) is 0 Å². The SMILES string of the molecule is Cc1cccc2nc(C(=O)N(Cc3ccncc3)C3CC3)cn12. The van der Waals surface area contributed by atoms with Crippen LogP contribution in [0.4, 0.5) is 0 Å². The molecule has 0 spiro atoms. The summed E-state index contributed by atoms with van der Waals surface area (Å²) >= 11 is 0. The highest BCUT2D eigenvalue weighted by molar-refractivity contribution is 5.93. The second kappa shape index (κ2) is 5.50. The molecule has 0 N–H and O–H groups in total. The quantitative estimate of drug-likeness (QED) is 0.745. The van der Waals surface area contributed by atoms with Crippen LogP contribution >= 0.6 is 0 Å². The first-order chi connectivity index (χ1) is 11.2. The van der Waals surface area contributed by atoms with E-state index in [2.05, 4.69) is 9.97 Å². The number of hydrogen-bond acceptors (Lipinski definition) is 3. The number of nitrogens with zero attached hydrogens (tertiary/aromatic N) is 4. The van der Waals surface area contributed by atoms with Gasteiger partial charge in [-0.2, -0.15) is 0 Å². The van der Waals surface area contributed by atoms with E-state index in [4.69, 9.17) is 0 Å². The number of carbonyl (C=O) groups is 1. The molecule has 1 aliphatic carbocycles. The Bertz CT molecular complexity index is 852. The molecule has 1 amide bonds. The van der Waals surface area contributed by atoms with E-state index in [1.54, 1.807) is 12.4 Å². The van der Waals surface area contributed by atoms with Crippen molar-refractivity contribution in [2.75, 3.05) is 0 Å². The Balaban J connectivity index is 1.65. The lowest BCUT2D eigenvalue weighted by Gasteiger charge is -2.21. The molecule has 0 radical (unpaired) electrons. The molecular formula is C18H18N4O. The summed E-state index contributed by atoms with van der Waals surface area (Å²) in [7, 11) is 0. The number of rotatable bonds is 4. The molecule has 3 heterocycles. The summed E-state index contributed by atoms with van der Waals surface area (Å²) in [5, 5.41) is 0. The fourth-order valence-corrected chi connectivity index (χ4v) is 2.84. The normalized spacial score (nSPS) is 14.1. The predicted octanol–water partition coefficient (Wildman–Crippen LogP) is 2.84. The topological polar surface area (TPSA) is 50.5 Å². The van der Waals surface area contributed by atoms with Gasteiger partial charge in [0.1, 0.15) is 11.3 Å². The van der Waals surface area contributed by atoms with Crippen LogP contribution in [0.1, 0.15) is 34.6 Å². The molecule has 3 aromatic heterocycles. The number of hydrogen-bond donors (Lipinski definition) is 0. The van der Waals surface area contributed by atoms with Gasteiger partial charge in [0.15, 0.2) is 0 Å². The maximum atomic E-state index is 12.9. The lowest BCUT2D eigenvalue weighted by molar-refractivity contribution is 0.0724. The minimum absolute atomic E-state index is 0.00686. The van der Waals surface area contributed by atoms with E-state index in [-0.39, 0.29) is 5.91 Å². The minimum atomic E-state index is 0.00686. The van der Waals surface area contributed by atoms with Crippen LogP contribution in [0.3, 0.4) is 0 Å². The van der Waals surface area contributed by atoms with Crippen molar-refractivity contribution in [2.45, 2.75) is 32.4 Å². The first-order valence-electron chi connectivity index (χ1n) is 7.87. The minimum Gasteiger partial charge on any atom is -0.330 e. The number of amides is 1. The molecule has 1 saturated carbocycles. The summed E-state index contributed by atoms with van der Waals surface area (Å²) in [6, 6.07) is 10.1. The summed E-state index contributed by atoms with van der Waals surface area (Å²) in [6.07, 6.45) is 7.51. The second-order valence-electron chi connectivity index (χ2n) is 6.04. The first kappa shape index (κ1) is 13.9. The third-order valence-corrected chi connectivity index (χ3v) is 4.27. The molecule has 0 aliphatic heterocycles. The maximum absolute atomic E-state index is 12.9. The Labute approximate surface area is 134 Å². The van der Waals surface area contributed by atoms with Gasteiger partial charge < -0.3 is 9.30 Å². The van der Waals surface area contributed by atoms with Gasteiger partial charge in [-0.1, -0.05) is 6.07 Å². The average Bonchev–Trinajstić information content (AvgIpc) is 3.31. The number of fused-ring (bicyclic) bond motifs is 1. The van der Waals surface area contributed by atoms with E-state index in [1.165, 1.54) is 0 Å². The number of aromatic nitrogens is 3. The average molecular weight is 306 g/mol. The van der Waals surface area contributed by atoms with Crippen LogP contribution in [0, 0.1) is 6.92 Å². The fraction of sp³-hybridized carbons (Fsp3) is 0.278. The predicted molar refractivity (Wildman–Crippen MR) is 87.1 cm³/mol. The van der Waals surface area contributed by atoms with Crippen LogP contribution in [0.5, 0.6) is 0 Å². The zero-order chi connectivity index (χ0) is 15.8. The summed E-state index contributed by atoms with van der Waals surface area (Å²) in [5.41, 5.74) is 3.50. The molecule has 116 valence electrons. The van der Waals surface area contributed by atoms with E-state index in [9.17, 15) is 4.79 Å². The highest BCUT2D eigenvalue weighted by atomic mass is 16.2. The smallest absolute Gasteiger partial charge is 0.274 e. The molecule has 5 heteroatoms. The maximum Gasteiger partial charge on any atom is 0.274 e. The molecule has 4 rings (SSSR count). The molecule has 0 atom stereocenters. The van der Waals surface area contributed by atoms with Crippen LogP contribution in [-0.2, 0) is 6.54 Å². The van der Waals surface area contributed by atoms with Crippen LogP contribution < -0.4 is 0 Å². The molecule has 5 nitrogen and oxygen atoms in total. The molecule has 0 aromatic carbocycles. The van der Waals surface area contributed by atoms with Gasteiger partial charge >= 0.3 is 0 Å². The standard InChI is InChI=1S/C18H18N4O/c1-13-3-2-4-17-20-16(12-21(13)17)18(23)22(15-5-6-15)11-14-7-9-19-10-8-14/h2-4,7-10,12,15H,5-6,11H2,1H3. The number of carbonyl (C=O) groups excluding carboxylic acids is 1. The number of aryl methyl sites for hydroxylation is 1. The molecule has 1 aliphatic rings. The van der Waals surface area contributed by atoms with Gasteiger partial charge in [0.25, 0.3) is 5.91 Å². The van der Waals surface area contributed by atoms with E-state index >= 15 is 0 Å². The van der Waals surface area contributed by atoms with Crippen molar-refractivity contribution in [1.82, 2.24) is 19.3 Å². The van der Waals surface area contributed by atoms with E-state index in [1.807, 2.05) is 52.8 Å². The zero-order valence-corrected chi connectivity index (χ0v) is 13.0. The van der Waals surface area contributed by atoms with Gasteiger partial charge in [0, 0.05) is 36.9 Å². The largest absolute Gasteiger partial charge is 0.330 e. The van der Waals surface area contributed by atoms with Crippen LogP contribution in [0.25, 0.3) is 5.65 Å². The molecular weight excluding hydrogens is 288 g/mol. The fourth-order valence-electron chi connectivity index (χ4n) is 2.84. The lowest BCUT2D eigenvalue weighted by Crippen LogP contribution is -2.32. The summed E-state index contributed by atoms with van der Waals surface area (Å²) in [5.74, 6) is 0.00686. The molecule has 3 aromatic rings. The van der Waals surface area contributed by atoms with Gasteiger partial charge in [0.2, 0.25) is 0 Å². The highest BCUT2D eigenvalue weighted by Crippen LogP contribution is 2.29. The highest BCUT2D eigenvalue weighted by Gasteiger charge is 2.34. The molecule has 0 unspecified atom stereocenters. The van der Waals surface area contributed by atoms with Crippen molar-refractivity contribution in [3.63, 3.8) is 0 Å². The van der Waals surface area contributed by atoms with Crippen molar-refractivity contribution in [2.24, 2.45) is 0 Å². The molecule has 23 heavy (non-hydrogen) atoms. The van der Waals surface area contributed by atoms with Gasteiger partial charge in [-0.25, -0.2) is 4.98 Å². The summed E-state index contributed by atoms with van der Waals surface area (Å²) in [4.78, 5) is 23.4. The Hall–Kier alpha value is -2.69. The van der Waals surface area contributed by atoms with Gasteiger partial charge in [-0.15, -0.1) is 0 Å². The third kappa shape index (κ3) is 2.70. The van der Waals surface area contributed by atoms with Crippen LogP contribution in [0.2, 0.25) is 0 Å². The van der Waals surface area contributed by atoms with Crippen molar-refractivity contribution >= 4 is 11.6 Å². The van der Waals surface area contributed by atoms with Crippen LogP contribution in [0.15, 0.2) is 48.9 Å². The second-order valence-corrected chi connectivity index (χ2v) is 6.04. The number of pyridine rings is 2. The van der Waals surface area contributed by atoms with Gasteiger partial charge in [-0.05, 0) is 49.6 Å². The Morgan fingerprint density at radius 2 is 2.04 bits per heavy atom. The van der Waals surface area contributed by atoms with Crippen molar-refractivity contribution < 1.29 is 4.79 Å². The van der Waals surface area contributed by atoms with Crippen LogP contribution in [-0.4, -0.2) is 31.2 Å². The zero-order valence-electron chi connectivity index (χ0n) is 13.0.